The van der Waals surface area contributed by atoms with Crippen LogP contribution in [0, 0.1) is 6.92 Å². The molecule has 2 amide bonds. The van der Waals surface area contributed by atoms with Crippen LogP contribution in [0.4, 0.5) is 18.0 Å². The topological polar surface area (TPSA) is 55.4 Å². The average molecular weight is 494 g/mol. The van der Waals surface area contributed by atoms with Crippen molar-refractivity contribution >= 4 is 28.5 Å². The summed E-state index contributed by atoms with van der Waals surface area (Å²) in [6, 6.07) is 4.18. The third-order valence-electron chi connectivity index (χ3n) is 7.29. The lowest BCUT2D eigenvalue weighted by Crippen LogP contribution is -2.34. The van der Waals surface area contributed by atoms with Crippen molar-refractivity contribution in [2.45, 2.75) is 88.8 Å². The maximum atomic E-state index is 13.4. The highest BCUT2D eigenvalue weighted by molar-refractivity contribution is 8.15. The standard InChI is InChI=1S/C26H30F3NO3S/c1-14-10-18-19(25(4,5)9-8-24(18,2)3)13-17(14)16-7-6-15(11-20(16)33-26(27,28)29)12-21-22(31)30-23(32)34-21/h6-7,10,13,20-21H,8-9,11-12H2,1-5H3,(H,30,31,32). The maximum absolute atomic E-state index is 13.4. The van der Waals surface area contributed by atoms with Gasteiger partial charge in [-0.15, -0.1) is 13.2 Å². The zero-order valence-corrected chi connectivity index (χ0v) is 20.9. The Morgan fingerprint density at radius 3 is 2.24 bits per heavy atom. The number of thioether (sulfide) groups is 1. The highest BCUT2D eigenvalue weighted by atomic mass is 32.2. The average Bonchev–Trinajstić information content (AvgIpc) is 3.01. The smallest absolute Gasteiger partial charge is 0.286 e. The maximum Gasteiger partial charge on any atom is 0.523 e. The first-order valence-electron chi connectivity index (χ1n) is 11.5. The van der Waals surface area contributed by atoms with Crippen LogP contribution in [0.1, 0.15) is 75.6 Å². The van der Waals surface area contributed by atoms with E-state index in [2.05, 4.69) is 49.9 Å². The van der Waals surface area contributed by atoms with Gasteiger partial charge in [0.1, 0.15) is 0 Å². The Labute approximate surface area is 202 Å². The Bertz CT molecular complexity index is 1100. The van der Waals surface area contributed by atoms with Crippen molar-refractivity contribution in [2.75, 3.05) is 0 Å². The number of benzene rings is 1. The summed E-state index contributed by atoms with van der Waals surface area (Å²) in [5.74, 6) is -0.408. The Morgan fingerprint density at radius 2 is 1.68 bits per heavy atom. The van der Waals surface area contributed by atoms with Crippen LogP contribution in [0.25, 0.3) is 5.57 Å². The van der Waals surface area contributed by atoms with Gasteiger partial charge in [0.15, 0.2) is 0 Å². The summed E-state index contributed by atoms with van der Waals surface area (Å²) in [5, 5.41) is 1.16. The van der Waals surface area contributed by atoms with Crippen LogP contribution in [-0.2, 0) is 20.4 Å². The third kappa shape index (κ3) is 4.98. The van der Waals surface area contributed by atoms with Crippen LogP contribution < -0.4 is 5.32 Å². The zero-order valence-electron chi connectivity index (χ0n) is 20.1. The number of alkyl halides is 3. The number of ether oxygens (including phenoxy) is 1. The first-order valence-corrected chi connectivity index (χ1v) is 12.4. The second kappa shape index (κ2) is 8.55. The Hall–Kier alpha value is -2.06. The van der Waals surface area contributed by atoms with Gasteiger partial charge in [-0.05, 0) is 71.3 Å². The number of carbonyl (C=O) groups is 2. The summed E-state index contributed by atoms with van der Waals surface area (Å²) in [6.07, 6.45) is -0.299. The van der Waals surface area contributed by atoms with Gasteiger partial charge in [-0.25, -0.2) is 0 Å². The lowest BCUT2D eigenvalue weighted by molar-refractivity contribution is -0.334. The van der Waals surface area contributed by atoms with Gasteiger partial charge in [-0.1, -0.05) is 69.3 Å². The molecule has 0 saturated carbocycles. The van der Waals surface area contributed by atoms with Gasteiger partial charge in [0.2, 0.25) is 5.91 Å². The van der Waals surface area contributed by atoms with Crippen LogP contribution in [0.2, 0.25) is 0 Å². The second-order valence-electron chi connectivity index (χ2n) is 10.8. The lowest BCUT2D eigenvalue weighted by Gasteiger charge is -2.42. The van der Waals surface area contributed by atoms with E-state index in [1.807, 2.05) is 6.92 Å². The molecular formula is C26H30F3NO3S. The van der Waals surface area contributed by atoms with Gasteiger partial charge in [0, 0.05) is 0 Å². The number of halogens is 3. The molecular weight excluding hydrogens is 463 g/mol. The van der Waals surface area contributed by atoms with E-state index in [4.69, 9.17) is 0 Å². The number of hydrogen-bond acceptors (Lipinski definition) is 4. The fourth-order valence-corrected chi connectivity index (χ4v) is 6.09. The van der Waals surface area contributed by atoms with Crippen molar-refractivity contribution in [1.82, 2.24) is 5.32 Å². The molecule has 1 heterocycles. The van der Waals surface area contributed by atoms with E-state index in [1.165, 1.54) is 11.1 Å². The molecule has 1 N–H and O–H groups in total. The molecule has 1 saturated heterocycles. The fourth-order valence-electron chi connectivity index (χ4n) is 5.21. The molecule has 1 aromatic carbocycles. The quantitative estimate of drug-likeness (QED) is 0.507. The predicted octanol–water partition coefficient (Wildman–Crippen LogP) is 6.70. The molecule has 2 aliphatic carbocycles. The monoisotopic (exact) mass is 493 g/mol. The lowest BCUT2D eigenvalue weighted by atomic mass is 9.62. The van der Waals surface area contributed by atoms with E-state index in [1.54, 1.807) is 12.2 Å². The summed E-state index contributed by atoms with van der Waals surface area (Å²) in [4.78, 5) is 23.4. The number of fused-ring (bicyclic) bond motifs is 1. The van der Waals surface area contributed by atoms with Gasteiger partial charge >= 0.3 is 6.36 Å². The molecule has 184 valence electrons. The summed E-state index contributed by atoms with van der Waals surface area (Å²) in [7, 11) is 0. The van der Waals surface area contributed by atoms with Crippen molar-refractivity contribution in [3.8, 4) is 0 Å². The largest absolute Gasteiger partial charge is 0.523 e. The molecule has 1 aromatic rings. The Balaban J connectivity index is 1.74. The molecule has 1 fully saturated rings. The highest BCUT2D eigenvalue weighted by Crippen LogP contribution is 2.48. The van der Waals surface area contributed by atoms with E-state index in [0.717, 1.165) is 35.7 Å². The molecule has 2 unspecified atom stereocenters. The number of nitrogens with one attached hydrogen (secondary N) is 1. The number of carbonyl (C=O) groups excluding carboxylic acids is 2. The van der Waals surface area contributed by atoms with Crippen molar-refractivity contribution in [2.24, 2.45) is 0 Å². The predicted molar refractivity (Wildman–Crippen MR) is 128 cm³/mol. The van der Waals surface area contributed by atoms with Gasteiger partial charge in [0.25, 0.3) is 5.24 Å². The molecule has 0 aromatic heterocycles. The number of aryl methyl sites for hydroxylation is 1. The van der Waals surface area contributed by atoms with Gasteiger partial charge in [0.05, 0.1) is 11.4 Å². The molecule has 2 atom stereocenters. The van der Waals surface area contributed by atoms with Gasteiger partial charge in [-0.2, -0.15) is 0 Å². The fraction of sp³-hybridized carbons (Fsp3) is 0.538. The highest BCUT2D eigenvalue weighted by Gasteiger charge is 2.41. The molecule has 0 radical (unpaired) electrons. The van der Waals surface area contributed by atoms with Crippen molar-refractivity contribution in [1.29, 1.82) is 0 Å². The molecule has 0 spiro atoms. The summed E-state index contributed by atoms with van der Waals surface area (Å²) >= 11 is 0.872. The number of allylic oxidation sites excluding steroid dienone is 2. The van der Waals surface area contributed by atoms with Crippen LogP contribution >= 0.6 is 11.8 Å². The van der Waals surface area contributed by atoms with E-state index >= 15 is 0 Å². The minimum Gasteiger partial charge on any atom is -0.286 e. The molecule has 4 nitrogen and oxygen atoms in total. The SMILES string of the molecule is Cc1cc2c(cc1C1=CC=C(CC3SC(=O)NC3=O)CC1OC(F)(F)F)C(C)(C)CCC2(C)C. The normalized spacial score (nSPS) is 26.0. The number of imide groups is 1. The van der Waals surface area contributed by atoms with Crippen molar-refractivity contribution in [3.63, 3.8) is 0 Å². The summed E-state index contributed by atoms with van der Waals surface area (Å²) in [6.45, 7) is 10.7. The minimum absolute atomic E-state index is 0.000981. The minimum atomic E-state index is -4.80. The van der Waals surface area contributed by atoms with E-state index < -0.39 is 28.9 Å². The molecule has 1 aliphatic heterocycles. The van der Waals surface area contributed by atoms with Crippen LogP contribution in [0.5, 0.6) is 0 Å². The van der Waals surface area contributed by atoms with Gasteiger partial charge < -0.3 is 0 Å². The van der Waals surface area contributed by atoms with Crippen LogP contribution in [0.15, 0.2) is 29.9 Å². The molecule has 4 rings (SSSR count). The summed E-state index contributed by atoms with van der Waals surface area (Å²) < 4.78 is 44.8. The first kappa shape index (κ1) is 25.0. The number of rotatable bonds is 4. The zero-order chi connectivity index (χ0) is 25.1. The van der Waals surface area contributed by atoms with Crippen LogP contribution in [0.3, 0.4) is 0 Å². The molecule has 34 heavy (non-hydrogen) atoms. The second-order valence-corrected chi connectivity index (χ2v) is 11.9. The van der Waals surface area contributed by atoms with Crippen molar-refractivity contribution in [3.05, 3.63) is 52.1 Å². The first-order chi connectivity index (χ1) is 15.7. The van der Waals surface area contributed by atoms with Gasteiger partial charge in [-0.3, -0.25) is 19.6 Å². The number of hydrogen-bond donors (Lipinski definition) is 1. The number of amides is 2. The van der Waals surface area contributed by atoms with E-state index in [-0.39, 0.29) is 23.7 Å². The molecule has 3 aliphatic rings. The van der Waals surface area contributed by atoms with E-state index in [0.29, 0.717) is 11.1 Å². The summed E-state index contributed by atoms with van der Waals surface area (Å²) in [5.41, 5.74) is 5.16. The Kier molecular flexibility index (Phi) is 6.30. The van der Waals surface area contributed by atoms with Crippen molar-refractivity contribution < 1.29 is 27.5 Å². The van der Waals surface area contributed by atoms with E-state index in [9.17, 15) is 22.8 Å². The molecule has 0 bridgehead atoms. The Morgan fingerprint density at radius 1 is 1.06 bits per heavy atom. The van der Waals surface area contributed by atoms with Crippen LogP contribution in [-0.4, -0.2) is 28.9 Å². The third-order valence-corrected chi connectivity index (χ3v) is 8.27. The molecule has 8 heteroatoms.